The average Bonchev–Trinajstić information content (AvgIpc) is 3.45. The fourth-order valence-electron chi connectivity index (χ4n) is 8.72. The number of nitrogens with one attached hydrogen (secondary N) is 3. The number of ether oxygens (including phenoxy) is 1. The first-order valence-electron chi connectivity index (χ1n) is 16.8. The van der Waals surface area contributed by atoms with Crippen LogP contribution in [0, 0.1) is 28.4 Å². The minimum atomic E-state index is -0.654. The zero-order chi connectivity index (χ0) is 32.8. The molecule has 0 radical (unpaired) electrons. The molecule has 5 aliphatic rings. The Labute approximate surface area is 274 Å². The van der Waals surface area contributed by atoms with Gasteiger partial charge in [0.2, 0.25) is 11.8 Å². The van der Waals surface area contributed by atoms with Crippen LogP contribution in [0.15, 0.2) is 66.0 Å². The second-order valence-corrected chi connectivity index (χ2v) is 14.3. The molecule has 2 amide bonds. The van der Waals surface area contributed by atoms with Crippen molar-refractivity contribution < 1.29 is 23.1 Å². The SMILES string of the molecule is CCC1C=CC=CC2=C1NC(=O)C21Cc2cnc(NC(=O)CCC3(NCC(N)c4cc(F)cc(F)c4)CC4(CCOCC4)C3)cc2C1. The van der Waals surface area contributed by atoms with Crippen molar-refractivity contribution in [2.24, 2.45) is 22.5 Å². The van der Waals surface area contributed by atoms with Gasteiger partial charge in [0.25, 0.3) is 0 Å². The van der Waals surface area contributed by atoms with Gasteiger partial charge in [-0.2, -0.15) is 0 Å². The van der Waals surface area contributed by atoms with Crippen molar-refractivity contribution in [3.05, 3.63) is 94.4 Å². The van der Waals surface area contributed by atoms with E-state index in [4.69, 9.17) is 10.5 Å². The summed E-state index contributed by atoms with van der Waals surface area (Å²) < 4.78 is 33.3. The average molecular weight is 644 g/mol. The number of rotatable bonds is 9. The molecule has 3 aliphatic carbocycles. The normalized spacial score (nSPS) is 25.7. The van der Waals surface area contributed by atoms with Crippen LogP contribution in [0.3, 0.4) is 0 Å². The number of aromatic nitrogens is 1. The molecule has 2 aliphatic heterocycles. The van der Waals surface area contributed by atoms with Gasteiger partial charge in [-0.15, -0.1) is 0 Å². The van der Waals surface area contributed by atoms with Gasteiger partial charge in [-0.1, -0.05) is 31.2 Å². The highest BCUT2D eigenvalue weighted by Crippen LogP contribution is 2.56. The molecule has 47 heavy (non-hydrogen) atoms. The first-order chi connectivity index (χ1) is 22.6. The monoisotopic (exact) mass is 643 g/mol. The van der Waals surface area contributed by atoms with Gasteiger partial charge in [-0.25, -0.2) is 13.8 Å². The smallest absolute Gasteiger partial charge is 0.235 e. The summed E-state index contributed by atoms with van der Waals surface area (Å²) in [4.78, 5) is 31.3. The molecule has 1 aromatic heterocycles. The molecule has 2 fully saturated rings. The molecule has 1 saturated carbocycles. The highest BCUT2D eigenvalue weighted by molar-refractivity contribution is 5.94. The number of carbonyl (C=O) groups is 2. The van der Waals surface area contributed by atoms with Gasteiger partial charge in [0.05, 0.1) is 5.41 Å². The van der Waals surface area contributed by atoms with Crippen LogP contribution in [0.5, 0.6) is 0 Å². The Hall–Kier alpha value is -3.73. The van der Waals surface area contributed by atoms with Crippen LogP contribution < -0.4 is 21.7 Å². The Morgan fingerprint density at radius 2 is 1.85 bits per heavy atom. The van der Waals surface area contributed by atoms with Crippen LogP contribution in [0.4, 0.5) is 14.6 Å². The van der Waals surface area contributed by atoms with E-state index in [1.165, 1.54) is 12.1 Å². The predicted octanol–water partition coefficient (Wildman–Crippen LogP) is 5.32. The molecule has 3 heterocycles. The Bertz CT molecular complexity index is 1650. The maximum absolute atomic E-state index is 13.8. The van der Waals surface area contributed by atoms with Gasteiger partial charge in [0, 0.05) is 61.6 Å². The number of hydrogen-bond acceptors (Lipinski definition) is 6. The van der Waals surface area contributed by atoms with Gasteiger partial charge in [0.1, 0.15) is 17.5 Å². The number of amides is 2. The first kappa shape index (κ1) is 31.8. The van der Waals surface area contributed by atoms with E-state index in [1.807, 2.05) is 12.1 Å². The molecular formula is C37H43F2N5O3. The number of carbonyl (C=O) groups excluding carboxylic acids is 2. The van der Waals surface area contributed by atoms with Crippen molar-refractivity contribution in [3.63, 3.8) is 0 Å². The Balaban J connectivity index is 1.01. The number of anilines is 1. The highest BCUT2D eigenvalue weighted by Gasteiger charge is 2.54. The quantitative estimate of drug-likeness (QED) is 0.294. The molecule has 10 heteroatoms. The Morgan fingerprint density at radius 1 is 1.11 bits per heavy atom. The van der Waals surface area contributed by atoms with Crippen molar-refractivity contribution in [2.45, 2.75) is 76.3 Å². The molecule has 2 aromatic rings. The molecule has 7 rings (SSSR count). The number of benzene rings is 1. The molecule has 1 saturated heterocycles. The van der Waals surface area contributed by atoms with E-state index in [-0.39, 0.29) is 35.1 Å². The summed E-state index contributed by atoms with van der Waals surface area (Å²) in [6.45, 7) is 3.93. The molecule has 3 unspecified atom stereocenters. The van der Waals surface area contributed by atoms with E-state index < -0.39 is 23.1 Å². The van der Waals surface area contributed by atoms with E-state index >= 15 is 0 Å². The molecule has 5 N–H and O–H groups in total. The maximum Gasteiger partial charge on any atom is 0.235 e. The number of fused-ring (bicyclic) bond motifs is 2. The van der Waals surface area contributed by atoms with Crippen LogP contribution in [-0.4, -0.2) is 42.1 Å². The number of nitrogens with two attached hydrogens (primary N) is 1. The molecular weight excluding hydrogens is 600 g/mol. The van der Waals surface area contributed by atoms with Crippen LogP contribution >= 0.6 is 0 Å². The molecule has 8 nitrogen and oxygen atoms in total. The minimum Gasteiger partial charge on any atom is -0.381 e. The fourth-order valence-corrected chi connectivity index (χ4v) is 8.72. The largest absolute Gasteiger partial charge is 0.381 e. The van der Waals surface area contributed by atoms with Crippen LogP contribution in [0.2, 0.25) is 0 Å². The lowest BCUT2D eigenvalue weighted by molar-refractivity contribution is -0.126. The van der Waals surface area contributed by atoms with Crippen molar-refractivity contribution in [1.29, 1.82) is 0 Å². The van der Waals surface area contributed by atoms with Crippen molar-refractivity contribution in [3.8, 4) is 0 Å². The summed E-state index contributed by atoms with van der Waals surface area (Å²) in [6.07, 6.45) is 16.7. The topological polar surface area (TPSA) is 118 Å². The summed E-state index contributed by atoms with van der Waals surface area (Å²) in [6, 6.07) is 4.69. The van der Waals surface area contributed by atoms with Gasteiger partial charge in [-0.05, 0) is 97.2 Å². The van der Waals surface area contributed by atoms with Crippen molar-refractivity contribution >= 4 is 17.6 Å². The number of allylic oxidation sites excluding steroid dienone is 4. The third-order valence-electron chi connectivity index (χ3n) is 11.2. The molecule has 0 bridgehead atoms. The summed E-state index contributed by atoms with van der Waals surface area (Å²) in [5.41, 5.74) is 10.1. The lowest BCUT2D eigenvalue weighted by Gasteiger charge is -2.59. The number of hydrogen-bond donors (Lipinski definition) is 4. The lowest BCUT2D eigenvalue weighted by Crippen LogP contribution is -2.62. The van der Waals surface area contributed by atoms with Crippen molar-refractivity contribution in [1.82, 2.24) is 15.6 Å². The van der Waals surface area contributed by atoms with Crippen LogP contribution in [0.25, 0.3) is 0 Å². The van der Waals surface area contributed by atoms with Gasteiger partial charge in [-0.3, -0.25) is 9.59 Å². The van der Waals surface area contributed by atoms with Crippen LogP contribution in [-0.2, 0) is 27.2 Å². The van der Waals surface area contributed by atoms with Crippen molar-refractivity contribution in [2.75, 3.05) is 25.1 Å². The van der Waals surface area contributed by atoms with E-state index in [1.54, 1.807) is 6.20 Å². The first-order valence-corrected chi connectivity index (χ1v) is 16.8. The van der Waals surface area contributed by atoms with Crippen LogP contribution in [0.1, 0.15) is 74.6 Å². The third kappa shape index (κ3) is 6.07. The highest BCUT2D eigenvalue weighted by atomic mass is 19.1. The van der Waals surface area contributed by atoms with E-state index in [9.17, 15) is 18.4 Å². The zero-order valence-electron chi connectivity index (χ0n) is 26.8. The number of pyridine rings is 1. The number of halogens is 2. The summed E-state index contributed by atoms with van der Waals surface area (Å²) in [5.74, 6) is -0.754. The Kier molecular flexibility index (Phi) is 8.39. The third-order valence-corrected chi connectivity index (χ3v) is 11.2. The van der Waals surface area contributed by atoms with E-state index in [0.717, 1.165) is 73.8 Å². The predicted molar refractivity (Wildman–Crippen MR) is 175 cm³/mol. The number of nitrogens with zero attached hydrogens (tertiary/aromatic N) is 1. The fraction of sp³-hybridized carbons (Fsp3) is 0.486. The van der Waals surface area contributed by atoms with E-state index in [0.29, 0.717) is 37.2 Å². The summed E-state index contributed by atoms with van der Waals surface area (Å²) >= 11 is 0. The maximum atomic E-state index is 13.8. The second kappa shape index (κ2) is 12.4. The van der Waals surface area contributed by atoms with E-state index in [2.05, 4.69) is 46.1 Å². The minimum absolute atomic E-state index is 0.0329. The lowest BCUT2D eigenvalue weighted by atomic mass is 9.53. The second-order valence-electron chi connectivity index (χ2n) is 14.3. The van der Waals surface area contributed by atoms with Gasteiger partial charge < -0.3 is 26.4 Å². The molecule has 248 valence electrons. The summed E-state index contributed by atoms with van der Waals surface area (Å²) in [7, 11) is 0. The van der Waals surface area contributed by atoms with Gasteiger partial charge in [0.15, 0.2) is 0 Å². The Morgan fingerprint density at radius 3 is 2.60 bits per heavy atom. The molecule has 3 atom stereocenters. The molecule has 2 spiro atoms. The zero-order valence-corrected chi connectivity index (χ0v) is 26.8. The standard InChI is InChI=1S/C37H43F2N5O3/c1-2-23-5-3-4-6-29-33(23)44-34(46)37(29)17-25-15-31(41-19-26(25)18-37)43-32(45)7-8-36(21-35(22-36)9-11-47-12-10-35)42-20-30(40)24-13-27(38)16-28(39)14-24/h3-6,13-16,19,23,30,42H,2,7-12,17-18,20-22,40H2,1H3,(H,44,46)(H,41,43,45). The van der Waals surface area contributed by atoms with Gasteiger partial charge >= 0.3 is 0 Å². The summed E-state index contributed by atoms with van der Waals surface area (Å²) in [5, 5.41) is 9.80. The molecule has 1 aromatic carbocycles.